The van der Waals surface area contributed by atoms with Crippen LogP contribution in [-0.2, 0) is 0 Å². The molecule has 0 atom stereocenters. The highest BCUT2D eigenvalue weighted by Crippen LogP contribution is 2.16. The van der Waals surface area contributed by atoms with Crippen LogP contribution < -0.4 is 0 Å². The largest absolute Gasteiger partial charge is 0.115 e. The summed E-state index contributed by atoms with van der Waals surface area (Å²) in [7, 11) is 0. The fourth-order valence-electron chi connectivity index (χ4n) is 2.94. The molecule has 0 amide bonds. The summed E-state index contributed by atoms with van der Waals surface area (Å²) in [5.41, 5.74) is 6.87. The van der Waals surface area contributed by atoms with Crippen LogP contribution in [0.25, 0.3) is 0 Å². The molecule has 1 aliphatic rings. The number of hydrogen-bond acceptors (Lipinski definition) is 0. The highest BCUT2D eigenvalue weighted by Gasteiger charge is 2.04. The zero-order valence-corrected chi connectivity index (χ0v) is 15.9. The lowest BCUT2D eigenvalue weighted by Gasteiger charge is -2.03. The van der Waals surface area contributed by atoms with Gasteiger partial charge in [0.05, 0.1) is 0 Å². The molecule has 0 nitrogen and oxygen atoms in total. The Morgan fingerprint density at radius 3 is 0.933 bits per heavy atom. The van der Waals surface area contributed by atoms with E-state index in [-0.39, 0.29) is 0 Å². The average Bonchev–Trinajstić information content (AvgIpc) is 2.79. The van der Waals surface area contributed by atoms with Crippen molar-refractivity contribution in [2.75, 3.05) is 0 Å². The zero-order valence-electron chi connectivity index (χ0n) is 15.9. The molecule has 0 saturated carbocycles. The molecule has 0 heterocycles. The van der Waals surface area contributed by atoms with Gasteiger partial charge in [-0.3, -0.25) is 0 Å². The number of benzene rings is 3. The lowest BCUT2D eigenvalue weighted by Crippen LogP contribution is -1.92. The minimum absolute atomic E-state index is 0.745. The molecule has 0 spiro atoms. The molecular weight excluding hydrogens is 360 g/mol. The maximum absolute atomic E-state index is 5.57. The molecule has 0 saturated heterocycles. The van der Waals surface area contributed by atoms with E-state index in [2.05, 4.69) is 53.3 Å². The van der Waals surface area contributed by atoms with Gasteiger partial charge in [-0.25, -0.2) is 0 Å². The molecular formula is C30H12. The van der Waals surface area contributed by atoms with E-state index in [1.807, 2.05) is 54.6 Å². The summed E-state index contributed by atoms with van der Waals surface area (Å²) in [6, 6.07) is 16.8. The van der Waals surface area contributed by atoms with Crippen molar-refractivity contribution < 1.29 is 0 Å². The van der Waals surface area contributed by atoms with E-state index < -0.39 is 0 Å². The van der Waals surface area contributed by atoms with Gasteiger partial charge in [0.25, 0.3) is 0 Å². The van der Waals surface area contributed by atoms with E-state index in [4.69, 9.17) is 19.3 Å². The zero-order chi connectivity index (χ0) is 20.9. The van der Waals surface area contributed by atoms with Crippen molar-refractivity contribution in [1.82, 2.24) is 0 Å². The molecule has 1 aliphatic carbocycles. The summed E-state index contributed by atoms with van der Waals surface area (Å²) >= 11 is 0. The molecule has 132 valence electrons. The Morgan fingerprint density at radius 2 is 0.667 bits per heavy atom. The summed E-state index contributed by atoms with van der Waals surface area (Å²) in [5.74, 6) is 27.1. The standard InChI is InChI=1S/C30H12/c1-4-22-7-10-25-14-17-29-20-24(6-3)9-12-27(29)15-18-30-21-23(5-2)8-11-26(30)13-16-28(25)19-22/h1-3,7-12,19-21H. The van der Waals surface area contributed by atoms with Crippen LogP contribution in [-0.4, -0.2) is 0 Å². The second kappa shape index (κ2) is 7.95. The first-order valence-corrected chi connectivity index (χ1v) is 9.08. The number of rotatable bonds is 0. The molecule has 0 radical (unpaired) electrons. The summed E-state index contributed by atoms with van der Waals surface area (Å²) in [6.45, 7) is 0. The molecule has 0 unspecified atom stereocenters. The summed E-state index contributed by atoms with van der Waals surface area (Å²) in [6.07, 6.45) is 16.7. The maximum atomic E-state index is 5.57. The van der Waals surface area contributed by atoms with Crippen molar-refractivity contribution in [3.05, 3.63) is 105 Å². The van der Waals surface area contributed by atoms with Crippen LogP contribution in [0, 0.1) is 72.6 Å². The van der Waals surface area contributed by atoms with E-state index in [1.54, 1.807) is 0 Å². The van der Waals surface area contributed by atoms with E-state index in [0.717, 1.165) is 50.1 Å². The van der Waals surface area contributed by atoms with E-state index in [0.29, 0.717) is 0 Å². The summed E-state index contributed by atoms with van der Waals surface area (Å²) < 4.78 is 0. The first-order chi connectivity index (χ1) is 14.7. The third-order valence-electron chi connectivity index (χ3n) is 4.55. The lowest BCUT2D eigenvalue weighted by molar-refractivity contribution is 1.51. The Kier molecular flexibility index (Phi) is 4.87. The SMILES string of the molecule is C#Cc1ccc2c(c1)C#Cc1ccc(C#C)cc1C#Cc1ccc(C#C)cc1C#C2. The predicted molar refractivity (Wildman–Crippen MR) is 121 cm³/mol. The van der Waals surface area contributed by atoms with Gasteiger partial charge in [-0.1, -0.05) is 53.3 Å². The highest BCUT2D eigenvalue weighted by atomic mass is 14.1. The Bertz CT molecular complexity index is 1330. The van der Waals surface area contributed by atoms with Gasteiger partial charge in [0, 0.05) is 50.1 Å². The molecule has 0 fully saturated rings. The van der Waals surface area contributed by atoms with Crippen molar-refractivity contribution in [3.63, 3.8) is 0 Å². The lowest BCUT2D eigenvalue weighted by atomic mass is 9.99. The van der Waals surface area contributed by atoms with Crippen LogP contribution in [0.3, 0.4) is 0 Å². The Labute approximate surface area is 177 Å². The Balaban J connectivity index is 2.05. The van der Waals surface area contributed by atoms with Gasteiger partial charge in [0.15, 0.2) is 0 Å². The quantitative estimate of drug-likeness (QED) is 0.407. The smallest absolute Gasteiger partial charge is 0.0418 e. The summed E-state index contributed by atoms with van der Waals surface area (Å²) in [5, 5.41) is 0. The van der Waals surface area contributed by atoms with Gasteiger partial charge < -0.3 is 0 Å². The number of terminal acetylenes is 3. The first kappa shape index (κ1) is 18.4. The Morgan fingerprint density at radius 1 is 0.400 bits per heavy atom. The van der Waals surface area contributed by atoms with Gasteiger partial charge in [-0.2, -0.15) is 0 Å². The van der Waals surface area contributed by atoms with Crippen LogP contribution in [0.2, 0.25) is 0 Å². The highest BCUT2D eigenvalue weighted by molar-refractivity contribution is 5.64. The second-order valence-corrected chi connectivity index (χ2v) is 6.46. The molecule has 0 aromatic heterocycles. The average molecular weight is 372 g/mol. The van der Waals surface area contributed by atoms with Gasteiger partial charge in [-0.05, 0) is 54.6 Å². The van der Waals surface area contributed by atoms with Crippen molar-refractivity contribution in [1.29, 1.82) is 0 Å². The Hall–Kier alpha value is -4.98. The molecule has 3 aromatic rings. The van der Waals surface area contributed by atoms with Gasteiger partial charge in [-0.15, -0.1) is 19.3 Å². The van der Waals surface area contributed by atoms with Crippen LogP contribution in [0.15, 0.2) is 54.6 Å². The van der Waals surface area contributed by atoms with E-state index >= 15 is 0 Å². The van der Waals surface area contributed by atoms with E-state index in [9.17, 15) is 0 Å². The maximum Gasteiger partial charge on any atom is 0.0418 e. The van der Waals surface area contributed by atoms with Crippen LogP contribution in [0.5, 0.6) is 0 Å². The van der Waals surface area contributed by atoms with Gasteiger partial charge in [0.2, 0.25) is 0 Å². The molecule has 30 heavy (non-hydrogen) atoms. The first-order valence-electron chi connectivity index (χ1n) is 9.08. The number of fused-ring (bicyclic) bond motifs is 3. The molecule has 0 N–H and O–H groups in total. The summed E-state index contributed by atoms with van der Waals surface area (Å²) in [4.78, 5) is 0. The second-order valence-electron chi connectivity index (χ2n) is 6.46. The fourth-order valence-corrected chi connectivity index (χ4v) is 2.94. The third kappa shape index (κ3) is 3.69. The van der Waals surface area contributed by atoms with Crippen LogP contribution in [0.4, 0.5) is 0 Å². The predicted octanol–water partition coefficient (Wildman–Crippen LogP) is 4.14. The molecule has 3 aromatic carbocycles. The van der Waals surface area contributed by atoms with Gasteiger partial charge in [0.1, 0.15) is 0 Å². The normalized spacial score (nSPS) is 9.90. The van der Waals surface area contributed by atoms with Crippen LogP contribution in [0.1, 0.15) is 50.1 Å². The van der Waals surface area contributed by atoms with Crippen molar-refractivity contribution in [2.45, 2.75) is 0 Å². The minimum atomic E-state index is 0.745. The van der Waals surface area contributed by atoms with Crippen molar-refractivity contribution >= 4 is 0 Å². The van der Waals surface area contributed by atoms with Crippen molar-refractivity contribution in [2.24, 2.45) is 0 Å². The van der Waals surface area contributed by atoms with E-state index in [1.165, 1.54) is 0 Å². The fraction of sp³-hybridized carbons (Fsp3) is 0. The van der Waals surface area contributed by atoms with Crippen LogP contribution >= 0.6 is 0 Å². The topological polar surface area (TPSA) is 0 Å². The molecule has 0 bridgehead atoms. The minimum Gasteiger partial charge on any atom is -0.115 e. The molecule has 0 aliphatic heterocycles. The molecule has 4 rings (SSSR count). The number of hydrogen-bond donors (Lipinski definition) is 0. The van der Waals surface area contributed by atoms with Gasteiger partial charge >= 0.3 is 0 Å². The molecule has 0 heteroatoms. The monoisotopic (exact) mass is 372 g/mol. The third-order valence-corrected chi connectivity index (χ3v) is 4.55. The van der Waals surface area contributed by atoms with Crippen molar-refractivity contribution in [3.8, 4) is 72.6 Å².